The molecule has 2 nitrogen and oxygen atoms in total. The first-order chi connectivity index (χ1) is 9.13. The van der Waals surface area contributed by atoms with Crippen LogP contribution in [0.25, 0.3) is 0 Å². The average Bonchev–Trinajstić information content (AvgIpc) is 2.40. The Morgan fingerprint density at radius 3 is 2.68 bits per heavy atom. The zero-order valence-corrected chi connectivity index (χ0v) is 13.1. The maximum Gasteiger partial charge on any atom is 0.157 e. The molecule has 19 heavy (non-hydrogen) atoms. The highest BCUT2D eigenvalue weighted by molar-refractivity contribution is 9.10. The Labute approximate surface area is 124 Å². The predicted octanol–water partition coefficient (Wildman–Crippen LogP) is 4.84. The van der Waals surface area contributed by atoms with Crippen LogP contribution in [0.4, 0.5) is 0 Å². The second-order valence-corrected chi connectivity index (χ2v) is 5.68. The minimum absolute atomic E-state index is 0.00332. The number of hydrogen-bond donors (Lipinski definition) is 0. The van der Waals surface area contributed by atoms with Crippen LogP contribution in [0.15, 0.2) is 28.7 Å². The third kappa shape index (κ3) is 4.47. The monoisotopic (exact) mass is 321 g/mol. The molecule has 0 aliphatic rings. The number of rotatable bonds is 7. The topological polar surface area (TPSA) is 40.9 Å². The lowest BCUT2D eigenvalue weighted by Gasteiger charge is -2.17. The highest BCUT2D eigenvalue weighted by Gasteiger charge is 2.26. The Balaban J connectivity index is 2.90. The highest BCUT2D eigenvalue weighted by atomic mass is 79.9. The van der Waals surface area contributed by atoms with Crippen molar-refractivity contribution in [1.29, 1.82) is 5.26 Å². The van der Waals surface area contributed by atoms with E-state index < -0.39 is 5.92 Å². The van der Waals surface area contributed by atoms with Crippen molar-refractivity contribution in [2.24, 2.45) is 5.92 Å². The average molecular weight is 322 g/mol. The lowest BCUT2D eigenvalue weighted by molar-refractivity contribution is -0.123. The van der Waals surface area contributed by atoms with Crippen molar-refractivity contribution in [1.82, 2.24) is 0 Å². The number of benzene rings is 1. The van der Waals surface area contributed by atoms with E-state index in [1.165, 1.54) is 0 Å². The summed E-state index contributed by atoms with van der Waals surface area (Å²) in [6, 6.07) is 9.64. The lowest BCUT2D eigenvalue weighted by atomic mass is 9.84. The van der Waals surface area contributed by atoms with Crippen molar-refractivity contribution < 1.29 is 4.79 Å². The number of halogens is 1. The molecular weight excluding hydrogens is 302 g/mol. The quantitative estimate of drug-likeness (QED) is 0.720. The molecule has 0 amide bonds. The van der Waals surface area contributed by atoms with Gasteiger partial charge in [-0.2, -0.15) is 5.26 Å². The van der Waals surface area contributed by atoms with Crippen LogP contribution in [0.2, 0.25) is 0 Å². The van der Waals surface area contributed by atoms with Crippen LogP contribution in [0.5, 0.6) is 0 Å². The first-order valence-electron chi connectivity index (χ1n) is 6.82. The fourth-order valence-corrected chi connectivity index (χ4v) is 2.64. The van der Waals surface area contributed by atoms with E-state index in [0.29, 0.717) is 0 Å². The standard InChI is InChI=1S/C16H20BrNO/c1-3-5-7-12(4-2)16(19)15(11-18)13-8-6-9-14(17)10-13/h6,8-10,12,15H,3-5,7H2,1-2H3. The van der Waals surface area contributed by atoms with Gasteiger partial charge in [0.1, 0.15) is 5.92 Å². The lowest BCUT2D eigenvalue weighted by Crippen LogP contribution is -2.21. The molecule has 0 spiro atoms. The number of carbonyl (C=O) groups excluding carboxylic acids is 1. The summed E-state index contributed by atoms with van der Waals surface area (Å²) in [7, 11) is 0. The van der Waals surface area contributed by atoms with E-state index in [9.17, 15) is 10.1 Å². The molecule has 0 radical (unpaired) electrons. The van der Waals surface area contributed by atoms with Crippen LogP contribution in [0.3, 0.4) is 0 Å². The summed E-state index contributed by atoms with van der Waals surface area (Å²) in [5.41, 5.74) is 0.789. The van der Waals surface area contributed by atoms with Crippen LogP contribution in [0, 0.1) is 17.2 Å². The van der Waals surface area contributed by atoms with Crippen LogP contribution >= 0.6 is 15.9 Å². The summed E-state index contributed by atoms with van der Waals surface area (Å²) < 4.78 is 0.902. The Morgan fingerprint density at radius 1 is 1.42 bits per heavy atom. The van der Waals surface area contributed by atoms with Gasteiger partial charge in [0.25, 0.3) is 0 Å². The number of nitrogens with zero attached hydrogens (tertiary/aromatic N) is 1. The van der Waals surface area contributed by atoms with Crippen LogP contribution in [0.1, 0.15) is 51.0 Å². The number of unbranched alkanes of at least 4 members (excludes halogenated alkanes) is 1. The van der Waals surface area contributed by atoms with Crippen LogP contribution in [-0.4, -0.2) is 5.78 Å². The molecule has 102 valence electrons. The van der Waals surface area contributed by atoms with Gasteiger partial charge in [0, 0.05) is 10.4 Å². The number of nitriles is 1. The van der Waals surface area contributed by atoms with Crippen molar-refractivity contribution in [2.75, 3.05) is 0 Å². The van der Waals surface area contributed by atoms with Crippen molar-refractivity contribution in [3.8, 4) is 6.07 Å². The van der Waals surface area contributed by atoms with E-state index in [1.807, 2.05) is 31.2 Å². The molecular formula is C16H20BrNO. The first kappa shape index (κ1) is 15.9. The molecule has 2 atom stereocenters. The van der Waals surface area contributed by atoms with Gasteiger partial charge in [0.2, 0.25) is 0 Å². The van der Waals surface area contributed by atoms with Gasteiger partial charge in [-0.3, -0.25) is 4.79 Å². The van der Waals surface area contributed by atoms with E-state index in [2.05, 4.69) is 28.9 Å². The molecule has 0 saturated carbocycles. The first-order valence-corrected chi connectivity index (χ1v) is 7.62. The fourth-order valence-electron chi connectivity index (χ4n) is 2.22. The zero-order valence-electron chi connectivity index (χ0n) is 11.5. The van der Waals surface area contributed by atoms with Gasteiger partial charge < -0.3 is 0 Å². The van der Waals surface area contributed by atoms with E-state index in [0.717, 1.165) is 35.7 Å². The molecule has 0 aliphatic heterocycles. The van der Waals surface area contributed by atoms with Gasteiger partial charge in [-0.1, -0.05) is 54.8 Å². The Hall–Kier alpha value is -1.14. The minimum Gasteiger partial charge on any atom is -0.298 e. The number of Topliss-reactive ketones (excluding diaryl/α,β-unsaturated/α-hetero) is 1. The Bertz CT molecular complexity index is 464. The second-order valence-electron chi connectivity index (χ2n) is 4.77. The maximum absolute atomic E-state index is 12.5. The van der Waals surface area contributed by atoms with Crippen molar-refractivity contribution in [3.05, 3.63) is 34.3 Å². The van der Waals surface area contributed by atoms with E-state index in [1.54, 1.807) is 0 Å². The molecule has 0 bridgehead atoms. The Kier molecular flexibility index (Phi) is 6.80. The van der Waals surface area contributed by atoms with Gasteiger partial charge in [0.15, 0.2) is 5.78 Å². The smallest absolute Gasteiger partial charge is 0.157 e. The molecule has 0 heterocycles. The van der Waals surface area contributed by atoms with Gasteiger partial charge in [-0.05, 0) is 30.5 Å². The molecule has 3 heteroatoms. The molecule has 1 aromatic carbocycles. The third-order valence-electron chi connectivity index (χ3n) is 3.40. The number of hydrogen-bond acceptors (Lipinski definition) is 2. The molecule has 0 fully saturated rings. The molecule has 0 N–H and O–H groups in total. The van der Waals surface area contributed by atoms with Crippen molar-refractivity contribution in [2.45, 2.75) is 45.4 Å². The van der Waals surface area contributed by atoms with Gasteiger partial charge in [0.05, 0.1) is 6.07 Å². The van der Waals surface area contributed by atoms with Crippen molar-refractivity contribution >= 4 is 21.7 Å². The molecule has 0 aliphatic carbocycles. The summed E-state index contributed by atoms with van der Waals surface area (Å²) in [4.78, 5) is 12.5. The van der Waals surface area contributed by atoms with Gasteiger partial charge in [-0.25, -0.2) is 0 Å². The summed E-state index contributed by atoms with van der Waals surface area (Å²) >= 11 is 3.38. The van der Waals surface area contributed by atoms with Crippen LogP contribution < -0.4 is 0 Å². The zero-order chi connectivity index (χ0) is 14.3. The van der Waals surface area contributed by atoms with Gasteiger partial charge in [-0.15, -0.1) is 0 Å². The molecule has 2 unspecified atom stereocenters. The molecule has 0 aromatic heterocycles. The second kappa shape index (κ2) is 8.12. The molecule has 1 aromatic rings. The predicted molar refractivity (Wildman–Crippen MR) is 80.8 cm³/mol. The number of ketones is 1. The summed E-state index contributed by atoms with van der Waals surface area (Å²) in [5, 5.41) is 9.32. The van der Waals surface area contributed by atoms with E-state index in [4.69, 9.17) is 0 Å². The highest BCUT2D eigenvalue weighted by Crippen LogP contribution is 2.26. The van der Waals surface area contributed by atoms with Gasteiger partial charge >= 0.3 is 0 Å². The van der Waals surface area contributed by atoms with E-state index >= 15 is 0 Å². The fraction of sp³-hybridized carbons (Fsp3) is 0.500. The largest absolute Gasteiger partial charge is 0.298 e. The van der Waals surface area contributed by atoms with E-state index in [-0.39, 0.29) is 11.7 Å². The SMILES string of the molecule is CCCCC(CC)C(=O)C(C#N)c1cccc(Br)c1. The summed E-state index contributed by atoms with van der Waals surface area (Å²) in [6.45, 7) is 4.14. The summed E-state index contributed by atoms with van der Waals surface area (Å²) in [5.74, 6) is -0.570. The van der Waals surface area contributed by atoms with Crippen molar-refractivity contribution in [3.63, 3.8) is 0 Å². The normalized spacial score (nSPS) is 13.6. The summed E-state index contributed by atoms with van der Waals surface area (Å²) in [6.07, 6.45) is 3.82. The Morgan fingerprint density at radius 2 is 2.16 bits per heavy atom. The number of carbonyl (C=O) groups is 1. The molecule has 0 saturated heterocycles. The van der Waals surface area contributed by atoms with Crippen LogP contribution in [-0.2, 0) is 4.79 Å². The minimum atomic E-state index is -0.640. The maximum atomic E-state index is 12.5. The third-order valence-corrected chi connectivity index (χ3v) is 3.89. The molecule has 1 rings (SSSR count).